The van der Waals surface area contributed by atoms with Crippen LogP contribution in [0.15, 0.2) is 35.5 Å². The van der Waals surface area contributed by atoms with Gasteiger partial charge in [0, 0.05) is 12.8 Å². The number of fused-ring (bicyclic) bond motifs is 1. The van der Waals surface area contributed by atoms with Crippen LogP contribution in [0, 0.1) is 23.2 Å². The van der Waals surface area contributed by atoms with Gasteiger partial charge in [-0.05, 0) is 130 Å². The van der Waals surface area contributed by atoms with E-state index in [9.17, 15) is 5.11 Å². The lowest BCUT2D eigenvalue weighted by Gasteiger charge is -2.50. The molecule has 45 heavy (non-hydrogen) atoms. The summed E-state index contributed by atoms with van der Waals surface area (Å²) in [6.45, 7) is 39.6. The van der Waals surface area contributed by atoms with Crippen LogP contribution in [-0.2, 0) is 8.85 Å². The van der Waals surface area contributed by atoms with E-state index in [-0.39, 0.29) is 21.8 Å². The molecule has 3 aliphatic rings. The van der Waals surface area contributed by atoms with Gasteiger partial charge in [-0.25, -0.2) is 0 Å². The molecular weight excluding hydrogens is 585 g/mol. The van der Waals surface area contributed by atoms with Gasteiger partial charge >= 0.3 is 0 Å². The summed E-state index contributed by atoms with van der Waals surface area (Å²) in [6.07, 6.45) is 16.5. The molecule has 0 aromatic heterocycles. The monoisotopic (exact) mass is 659 g/mol. The van der Waals surface area contributed by atoms with Gasteiger partial charge in [0.15, 0.2) is 16.6 Å². The maximum absolute atomic E-state index is 10.3. The first-order valence-electron chi connectivity index (χ1n) is 18.4. The Morgan fingerprint density at radius 1 is 0.956 bits per heavy atom. The summed E-state index contributed by atoms with van der Waals surface area (Å²) in [5.41, 5.74) is 3.74. The van der Waals surface area contributed by atoms with Crippen LogP contribution in [0.25, 0.3) is 0 Å². The van der Waals surface area contributed by atoms with E-state index in [0.717, 1.165) is 31.6 Å². The van der Waals surface area contributed by atoms with Crippen molar-refractivity contribution in [2.75, 3.05) is 0 Å². The van der Waals surface area contributed by atoms with Crippen molar-refractivity contribution in [2.24, 2.45) is 23.2 Å². The maximum atomic E-state index is 10.3. The van der Waals surface area contributed by atoms with Gasteiger partial charge in [-0.2, -0.15) is 0 Å². The second-order valence-electron chi connectivity index (χ2n) is 19.8. The molecular formula is C40H74O3Si2. The molecule has 3 nitrogen and oxygen atoms in total. The van der Waals surface area contributed by atoms with E-state index in [0.29, 0.717) is 17.3 Å². The minimum absolute atomic E-state index is 0.00343. The van der Waals surface area contributed by atoms with E-state index in [4.69, 9.17) is 15.4 Å². The highest BCUT2D eigenvalue weighted by Crippen LogP contribution is 2.60. The second-order valence-corrected chi connectivity index (χ2v) is 29.3. The van der Waals surface area contributed by atoms with E-state index in [2.05, 4.69) is 101 Å². The smallest absolute Gasteiger partial charge is 0.192 e. The van der Waals surface area contributed by atoms with Crippen molar-refractivity contribution in [2.45, 2.75) is 194 Å². The van der Waals surface area contributed by atoms with Gasteiger partial charge in [-0.3, -0.25) is 0 Å². The first kappa shape index (κ1) is 39.0. The Balaban J connectivity index is 1.91. The van der Waals surface area contributed by atoms with Crippen LogP contribution in [0.1, 0.15) is 140 Å². The SMILES string of the molecule is C=C1/C(=C\C=C2/CCC[C@@]3(C)C2CCC3[C@@H](C)CCCC(C)(C)O)C[C@@](C)(O[Si](C)(C)C(C)(C)C)CC1O[Si](C)(C)C(C)(C)C. The van der Waals surface area contributed by atoms with Gasteiger partial charge in [0.1, 0.15) is 0 Å². The van der Waals surface area contributed by atoms with Crippen molar-refractivity contribution >= 4 is 16.6 Å². The highest BCUT2D eigenvalue weighted by Gasteiger charge is 2.51. The Kier molecular flexibility index (Phi) is 11.6. The predicted octanol–water partition coefficient (Wildman–Crippen LogP) is 12.2. The molecule has 3 saturated carbocycles. The Morgan fingerprint density at radius 2 is 1.56 bits per heavy atom. The molecule has 0 heterocycles. The van der Waals surface area contributed by atoms with Gasteiger partial charge < -0.3 is 14.0 Å². The summed E-state index contributed by atoms with van der Waals surface area (Å²) in [5, 5.41) is 10.6. The van der Waals surface area contributed by atoms with Crippen LogP contribution in [0.4, 0.5) is 0 Å². The zero-order chi connectivity index (χ0) is 34.4. The van der Waals surface area contributed by atoms with Crippen LogP contribution in [-0.4, -0.2) is 39.0 Å². The lowest BCUT2D eigenvalue weighted by molar-refractivity contribution is 0.0172. The molecule has 0 aromatic rings. The standard InChI is InChI=1S/C40H74O3Si2/c1-29(19-17-25-38(9,10)41)33-23-24-34-31(20-18-26-40(33,34)12)21-22-32-27-39(11,43-45(15,16)37(6,7)8)28-35(30(32)2)42-44(13,14)36(3,4)5/h21-22,29,33-35,41H,2,17-20,23-28H2,1,3-16H3/b31-21+,32-22-/t29-,33?,34?,35?,39+,40+/m0/s1. The molecule has 0 aliphatic heterocycles. The highest BCUT2D eigenvalue weighted by molar-refractivity contribution is 6.74. The number of allylic oxidation sites excluding steroid dienone is 3. The van der Waals surface area contributed by atoms with Crippen LogP contribution in [0.2, 0.25) is 36.3 Å². The topological polar surface area (TPSA) is 38.7 Å². The number of rotatable bonds is 10. The van der Waals surface area contributed by atoms with Gasteiger partial charge in [0.2, 0.25) is 0 Å². The van der Waals surface area contributed by atoms with Crippen LogP contribution >= 0.6 is 0 Å². The summed E-state index contributed by atoms with van der Waals surface area (Å²) < 4.78 is 14.4. The van der Waals surface area contributed by atoms with E-state index in [1.54, 1.807) is 5.57 Å². The fraction of sp³-hybridized carbons (Fsp3) is 0.850. The number of aliphatic hydroxyl groups is 1. The minimum atomic E-state index is -2.00. The maximum Gasteiger partial charge on any atom is 0.192 e. The third-order valence-electron chi connectivity index (χ3n) is 13.2. The predicted molar refractivity (Wildman–Crippen MR) is 201 cm³/mol. The summed E-state index contributed by atoms with van der Waals surface area (Å²) in [5.74, 6) is 2.16. The van der Waals surface area contributed by atoms with Gasteiger partial charge in [0.25, 0.3) is 0 Å². The molecule has 5 heteroatoms. The van der Waals surface area contributed by atoms with E-state index in [1.807, 2.05) is 13.8 Å². The Hall–Kier alpha value is -0.466. The quantitative estimate of drug-likeness (QED) is 0.237. The molecule has 3 fully saturated rings. The Morgan fingerprint density at radius 3 is 2.11 bits per heavy atom. The molecule has 6 atom stereocenters. The first-order chi connectivity index (χ1) is 20.2. The number of hydrogen-bond acceptors (Lipinski definition) is 3. The van der Waals surface area contributed by atoms with Gasteiger partial charge in [-0.15, -0.1) is 0 Å². The lowest BCUT2D eigenvalue weighted by atomic mass is 9.60. The van der Waals surface area contributed by atoms with Crippen molar-refractivity contribution in [3.05, 3.63) is 35.5 Å². The van der Waals surface area contributed by atoms with Crippen molar-refractivity contribution in [1.29, 1.82) is 0 Å². The van der Waals surface area contributed by atoms with Gasteiger partial charge in [0.05, 0.1) is 17.3 Å². The van der Waals surface area contributed by atoms with Crippen molar-refractivity contribution in [1.82, 2.24) is 0 Å². The molecule has 0 radical (unpaired) electrons. The zero-order valence-corrected chi connectivity index (χ0v) is 34.5. The van der Waals surface area contributed by atoms with Crippen LogP contribution in [0.3, 0.4) is 0 Å². The van der Waals surface area contributed by atoms with Gasteiger partial charge in [-0.1, -0.05) is 92.5 Å². The Bertz CT molecular complexity index is 1110. The van der Waals surface area contributed by atoms with Crippen molar-refractivity contribution < 1.29 is 14.0 Å². The molecule has 0 bridgehead atoms. The van der Waals surface area contributed by atoms with E-state index in [1.165, 1.54) is 49.7 Å². The van der Waals surface area contributed by atoms with E-state index < -0.39 is 22.2 Å². The fourth-order valence-electron chi connectivity index (χ4n) is 8.45. The molecule has 3 rings (SSSR count). The van der Waals surface area contributed by atoms with Crippen molar-refractivity contribution in [3.8, 4) is 0 Å². The second kappa shape index (κ2) is 13.4. The largest absolute Gasteiger partial charge is 0.411 e. The van der Waals surface area contributed by atoms with Crippen LogP contribution in [0.5, 0.6) is 0 Å². The summed E-state index contributed by atoms with van der Waals surface area (Å²) >= 11 is 0. The fourth-order valence-corrected chi connectivity index (χ4v) is 11.4. The molecule has 260 valence electrons. The molecule has 0 aromatic carbocycles. The van der Waals surface area contributed by atoms with E-state index >= 15 is 0 Å². The van der Waals surface area contributed by atoms with Crippen molar-refractivity contribution in [3.63, 3.8) is 0 Å². The Labute approximate surface area is 282 Å². The average molecular weight is 659 g/mol. The molecule has 0 saturated heterocycles. The minimum Gasteiger partial charge on any atom is -0.411 e. The summed E-state index contributed by atoms with van der Waals surface area (Å²) in [6, 6.07) is 0. The molecule has 3 unspecified atom stereocenters. The summed E-state index contributed by atoms with van der Waals surface area (Å²) in [4.78, 5) is 0. The third-order valence-corrected chi connectivity index (χ3v) is 22.3. The molecule has 0 amide bonds. The highest BCUT2D eigenvalue weighted by atomic mass is 28.4. The zero-order valence-electron chi connectivity index (χ0n) is 32.5. The van der Waals surface area contributed by atoms with Crippen LogP contribution < -0.4 is 0 Å². The average Bonchev–Trinajstić information content (AvgIpc) is 3.20. The third kappa shape index (κ3) is 9.16. The molecule has 1 N–H and O–H groups in total. The first-order valence-corrected chi connectivity index (χ1v) is 24.2. The number of hydrogen-bond donors (Lipinski definition) is 1. The molecule has 0 spiro atoms. The summed E-state index contributed by atoms with van der Waals surface area (Å²) in [7, 11) is -4.00. The normalized spacial score (nSPS) is 33.2. The lowest BCUT2D eigenvalue weighted by Crippen LogP contribution is -2.53. The molecule has 3 aliphatic carbocycles.